The fraction of sp³-hybridized carbons (Fsp3) is 0.400. The summed E-state index contributed by atoms with van der Waals surface area (Å²) in [4.78, 5) is 0. The van der Waals surface area contributed by atoms with Gasteiger partial charge in [-0.3, -0.25) is 0 Å². The summed E-state index contributed by atoms with van der Waals surface area (Å²) in [5.74, 6) is 2.82. The van der Waals surface area contributed by atoms with E-state index in [9.17, 15) is 0 Å². The topological polar surface area (TPSA) is 27.7 Å². The van der Waals surface area contributed by atoms with Crippen molar-refractivity contribution in [2.75, 3.05) is 13.7 Å². The molecular weight excluding hydrogens is 288 g/mol. The molecule has 0 aromatic heterocycles. The van der Waals surface area contributed by atoms with Gasteiger partial charge < -0.3 is 14.2 Å². The first-order valence-electron chi connectivity index (χ1n) is 8.22. The van der Waals surface area contributed by atoms with Gasteiger partial charge in [-0.1, -0.05) is 39.0 Å². The number of methoxy groups -OCH3 is 1. The molecule has 0 saturated heterocycles. The minimum atomic E-state index is 0.463. The SMILES string of the molecule is CCc1ccc2c(c1)COc1cc(OCC(C)C)c(OC)cc1-2. The first kappa shape index (κ1) is 15.7. The van der Waals surface area contributed by atoms with Crippen LogP contribution < -0.4 is 14.2 Å². The van der Waals surface area contributed by atoms with Gasteiger partial charge in [-0.05, 0) is 35.1 Å². The molecule has 0 N–H and O–H groups in total. The first-order valence-corrected chi connectivity index (χ1v) is 8.22. The van der Waals surface area contributed by atoms with Gasteiger partial charge >= 0.3 is 0 Å². The maximum absolute atomic E-state index is 5.96. The third-order valence-corrected chi connectivity index (χ3v) is 4.09. The molecule has 3 heteroatoms. The Morgan fingerprint density at radius 2 is 1.91 bits per heavy atom. The summed E-state index contributed by atoms with van der Waals surface area (Å²) in [6.45, 7) is 7.68. The largest absolute Gasteiger partial charge is 0.493 e. The van der Waals surface area contributed by atoms with E-state index in [1.165, 1.54) is 16.7 Å². The molecule has 2 aromatic rings. The third kappa shape index (κ3) is 3.14. The zero-order chi connectivity index (χ0) is 16.4. The maximum Gasteiger partial charge on any atom is 0.164 e. The van der Waals surface area contributed by atoms with Crippen LogP contribution in [0, 0.1) is 5.92 Å². The zero-order valence-corrected chi connectivity index (χ0v) is 14.3. The minimum absolute atomic E-state index is 0.463. The first-order chi connectivity index (χ1) is 11.1. The molecule has 0 spiro atoms. The fourth-order valence-electron chi connectivity index (χ4n) is 2.80. The maximum atomic E-state index is 5.96. The van der Waals surface area contributed by atoms with Crippen LogP contribution in [-0.2, 0) is 13.0 Å². The van der Waals surface area contributed by atoms with E-state index >= 15 is 0 Å². The average Bonchev–Trinajstić information content (AvgIpc) is 2.58. The van der Waals surface area contributed by atoms with E-state index in [2.05, 4.69) is 39.0 Å². The van der Waals surface area contributed by atoms with Crippen LogP contribution in [0.3, 0.4) is 0 Å². The van der Waals surface area contributed by atoms with Gasteiger partial charge in [0.1, 0.15) is 12.4 Å². The standard InChI is InChI=1S/C20H24O3/c1-5-14-6-7-16-15(8-14)12-23-18-10-20(22-11-13(2)3)19(21-4)9-17(16)18/h6-10,13H,5,11-12H2,1-4H3. The van der Waals surface area contributed by atoms with Gasteiger partial charge in [-0.25, -0.2) is 0 Å². The van der Waals surface area contributed by atoms with Gasteiger partial charge in [-0.15, -0.1) is 0 Å². The van der Waals surface area contributed by atoms with Crippen LogP contribution in [0.25, 0.3) is 11.1 Å². The van der Waals surface area contributed by atoms with Crippen molar-refractivity contribution < 1.29 is 14.2 Å². The van der Waals surface area contributed by atoms with E-state index in [0.29, 0.717) is 19.1 Å². The number of aryl methyl sites for hydroxylation is 1. The summed E-state index contributed by atoms with van der Waals surface area (Å²) in [7, 11) is 1.68. The molecule has 122 valence electrons. The Kier molecular flexibility index (Phi) is 4.46. The van der Waals surface area contributed by atoms with Crippen molar-refractivity contribution in [3.05, 3.63) is 41.5 Å². The predicted octanol–water partition coefficient (Wildman–Crippen LogP) is 4.85. The van der Waals surface area contributed by atoms with Gasteiger partial charge in [0.25, 0.3) is 0 Å². The second-order valence-corrected chi connectivity index (χ2v) is 6.34. The zero-order valence-electron chi connectivity index (χ0n) is 14.3. The molecule has 0 atom stereocenters. The van der Waals surface area contributed by atoms with Crippen LogP contribution in [-0.4, -0.2) is 13.7 Å². The highest BCUT2D eigenvalue weighted by molar-refractivity contribution is 5.78. The second kappa shape index (κ2) is 6.53. The molecule has 23 heavy (non-hydrogen) atoms. The van der Waals surface area contributed by atoms with Crippen LogP contribution in [0.5, 0.6) is 17.2 Å². The average molecular weight is 312 g/mol. The molecule has 0 fully saturated rings. The van der Waals surface area contributed by atoms with Crippen LogP contribution in [0.4, 0.5) is 0 Å². The summed E-state index contributed by atoms with van der Waals surface area (Å²) in [5, 5.41) is 0. The highest BCUT2D eigenvalue weighted by Gasteiger charge is 2.21. The van der Waals surface area contributed by atoms with Crippen molar-refractivity contribution in [3.63, 3.8) is 0 Å². The third-order valence-electron chi connectivity index (χ3n) is 4.09. The Morgan fingerprint density at radius 3 is 2.61 bits per heavy atom. The van der Waals surface area contributed by atoms with Gasteiger partial charge in [0, 0.05) is 11.6 Å². The molecule has 0 bridgehead atoms. The van der Waals surface area contributed by atoms with E-state index in [4.69, 9.17) is 14.2 Å². The number of benzene rings is 2. The molecule has 1 aliphatic heterocycles. The summed E-state index contributed by atoms with van der Waals surface area (Å²) >= 11 is 0. The van der Waals surface area contributed by atoms with Crippen LogP contribution in [0.1, 0.15) is 31.9 Å². The number of hydrogen-bond donors (Lipinski definition) is 0. The Hall–Kier alpha value is -2.16. The van der Waals surface area contributed by atoms with E-state index in [0.717, 1.165) is 29.2 Å². The summed E-state index contributed by atoms with van der Waals surface area (Å²) in [6.07, 6.45) is 1.03. The van der Waals surface area contributed by atoms with Crippen LogP contribution >= 0.6 is 0 Å². The summed E-state index contributed by atoms with van der Waals surface area (Å²) < 4.78 is 17.4. The van der Waals surface area contributed by atoms with Crippen molar-refractivity contribution in [2.45, 2.75) is 33.8 Å². The lowest BCUT2D eigenvalue weighted by molar-refractivity contribution is 0.252. The number of ether oxygens (including phenoxy) is 3. The van der Waals surface area contributed by atoms with E-state index in [1.807, 2.05) is 12.1 Å². The number of fused-ring (bicyclic) bond motifs is 3. The molecule has 0 amide bonds. The Balaban J connectivity index is 2.01. The lowest BCUT2D eigenvalue weighted by Crippen LogP contribution is -2.09. The van der Waals surface area contributed by atoms with Crippen LogP contribution in [0.2, 0.25) is 0 Å². The molecule has 2 aromatic carbocycles. The fourth-order valence-corrected chi connectivity index (χ4v) is 2.80. The van der Waals surface area contributed by atoms with Crippen molar-refractivity contribution in [3.8, 4) is 28.4 Å². The highest BCUT2D eigenvalue weighted by atomic mass is 16.5. The Labute approximate surface area is 138 Å². The molecule has 0 aliphatic carbocycles. The molecule has 0 saturated carbocycles. The smallest absolute Gasteiger partial charge is 0.164 e. The van der Waals surface area contributed by atoms with Gasteiger partial charge in [0.05, 0.1) is 13.7 Å². The number of rotatable bonds is 5. The van der Waals surface area contributed by atoms with Gasteiger partial charge in [0.2, 0.25) is 0 Å². The van der Waals surface area contributed by atoms with E-state index < -0.39 is 0 Å². The summed E-state index contributed by atoms with van der Waals surface area (Å²) in [6, 6.07) is 10.6. The summed E-state index contributed by atoms with van der Waals surface area (Å²) in [5.41, 5.74) is 4.86. The Bertz CT molecular complexity index is 704. The highest BCUT2D eigenvalue weighted by Crippen LogP contribution is 2.44. The van der Waals surface area contributed by atoms with Crippen molar-refractivity contribution in [2.24, 2.45) is 5.92 Å². The molecule has 0 unspecified atom stereocenters. The number of hydrogen-bond acceptors (Lipinski definition) is 3. The predicted molar refractivity (Wildman–Crippen MR) is 92.5 cm³/mol. The van der Waals surface area contributed by atoms with E-state index in [1.54, 1.807) is 7.11 Å². The van der Waals surface area contributed by atoms with Crippen molar-refractivity contribution in [1.82, 2.24) is 0 Å². The van der Waals surface area contributed by atoms with Gasteiger partial charge in [0.15, 0.2) is 11.5 Å². The monoisotopic (exact) mass is 312 g/mol. The molecular formula is C20H24O3. The molecule has 3 rings (SSSR count). The van der Waals surface area contributed by atoms with Crippen molar-refractivity contribution >= 4 is 0 Å². The van der Waals surface area contributed by atoms with Crippen LogP contribution in [0.15, 0.2) is 30.3 Å². The Morgan fingerprint density at radius 1 is 1.09 bits per heavy atom. The lowest BCUT2D eigenvalue weighted by atomic mass is 9.94. The molecule has 0 radical (unpaired) electrons. The second-order valence-electron chi connectivity index (χ2n) is 6.34. The molecule has 1 aliphatic rings. The van der Waals surface area contributed by atoms with Gasteiger partial charge in [-0.2, -0.15) is 0 Å². The quantitative estimate of drug-likeness (QED) is 0.789. The lowest BCUT2D eigenvalue weighted by Gasteiger charge is -2.23. The van der Waals surface area contributed by atoms with E-state index in [-0.39, 0.29) is 0 Å². The molecule has 3 nitrogen and oxygen atoms in total. The molecule has 1 heterocycles. The van der Waals surface area contributed by atoms with Crippen molar-refractivity contribution in [1.29, 1.82) is 0 Å². The minimum Gasteiger partial charge on any atom is -0.493 e. The normalized spacial score (nSPS) is 12.4.